The number of oxazole rings is 1. The van der Waals surface area contributed by atoms with Crippen LogP contribution in [0.3, 0.4) is 0 Å². The Kier molecular flexibility index (Phi) is 6.19. The molecule has 3 rings (SSSR count). The van der Waals surface area contributed by atoms with Crippen LogP contribution in [0, 0.1) is 0 Å². The molecule has 1 aromatic carbocycles. The fourth-order valence-corrected chi connectivity index (χ4v) is 3.33. The molecule has 6 heteroatoms. The first-order chi connectivity index (χ1) is 12.3. The quantitative estimate of drug-likeness (QED) is 0.842. The first-order valence-corrected chi connectivity index (χ1v) is 8.99. The van der Waals surface area contributed by atoms with Crippen LogP contribution in [0.15, 0.2) is 41.0 Å². The van der Waals surface area contributed by atoms with Crippen molar-refractivity contribution >= 4 is 5.91 Å². The first kappa shape index (κ1) is 17.6. The summed E-state index contributed by atoms with van der Waals surface area (Å²) in [6.07, 6.45) is 6.35. The maximum Gasteiger partial charge on any atom is 0.273 e. The number of benzene rings is 1. The molecule has 1 aromatic heterocycles. The Hall–Kier alpha value is -2.18. The number of hydrogen-bond acceptors (Lipinski definition) is 5. The Morgan fingerprint density at radius 2 is 1.92 bits per heavy atom. The molecule has 0 bridgehead atoms. The van der Waals surface area contributed by atoms with E-state index in [0.717, 1.165) is 13.1 Å². The van der Waals surface area contributed by atoms with Gasteiger partial charge in [0.15, 0.2) is 5.69 Å². The van der Waals surface area contributed by atoms with Crippen LogP contribution in [0.2, 0.25) is 0 Å². The minimum atomic E-state index is -0.223. The Morgan fingerprint density at radius 1 is 1.20 bits per heavy atom. The Balaban J connectivity index is 1.69. The smallest absolute Gasteiger partial charge is 0.273 e. The average Bonchev–Trinajstić information content (AvgIpc) is 2.99. The molecule has 1 aliphatic rings. The summed E-state index contributed by atoms with van der Waals surface area (Å²) in [5, 5.41) is 3.01. The van der Waals surface area contributed by atoms with Crippen molar-refractivity contribution in [3.63, 3.8) is 0 Å². The highest BCUT2D eigenvalue weighted by molar-refractivity contribution is 5.91. The van der Waals surface area contributed by atoms with Gasteiger partial charge < -0.3 is 15.5 Å². The second-order valence-corrected chi connectivity index (χ2v) is 6.42. The van der Waals surface area contributed by atoms with E-state index in [9.17, 15) is 4.79 Å². The average molecular weight is 342 g/mol. The highest BCUT2D eigenvalue weighted by atomic mass is 16.3. The van der Waals surface area contributed by atoms with Crippen LogP contribution in [-0.2, 0) is 6.54 Å². The molecule has 25 heavy (non-hydrogen) atoms. The molecule has 2 heterocycles. The van der Waals surface area contributed by atoms with Gasteiger partial charge in [-0.2, -0.15) is 0 Å². The normalized spacial score (nSPS) is 17.0. The molecule has 0 aliphatic carbocycles. The minimum Gasteiger partial charge on any atom is -0.447 e. The summed E-state index contributed by atoms with van der Waals surface area (Å²) in [6, 6.07) is 10.5. The van der Waals surface area contributed by atoms with Crippen LogP contribution in [0.25, 0.3) is 0 Å². The van der Waals surface area contributed by atoms with Gasteiger partial charge in [-0.1, -0.05) is 43.2 Å². The third kappa shape index (κ3) is 4.67. The molecule has 1 saturated heterocycles. The molecule has 2 aromatic rings. The topological polar surface area (TPSA) is 84.4 Å². The van der Waals surface area contributed by atoms with Gasteiger partial charge in [0.05, 0.1) is 12.6 Å². The number of amides is 1. The standard InChI is InChI=1S/C19H26N4O2/c20-12-18-22-16(14-25-18)19(24)21-13-17(15-8-4-3-5-9-15)23-10-6-1-2-7-11-23/h3-5,8-9,14,17H,1-2,6-7,10-13,20H2,(H,21,24)/t17-/m0/s1. The molecule has 6 nitrogen and oxygen atoms in total. The number of nitrogens with two attached hydrogens (primary N) is 1. The molecule has 1 fully saturated rings. The molecule has 0 spiro atoms. The summed E-state index contributed by atoms with van der Waals surface area (Å²) >= 11 is 0. The number of nitrogens with one attached hydrogen (secondary N) is 1. The fraction of sp³-hybridized carbons (Fsp3) is 0.474. The molecular formula is C19H26N4O2. The van der Waals surface area contributed by atoms with Crippen LogP contribution in [0.4, 0.5) is 0 Å². The van der Waals surface area contributed by atoms with Crippen molar-refractivity contribution < 1.29 is 9.21 Å². The summed E-state index contributed by atoms with van der Waals surface area (Å²) in [5.74, 6) is 0.150. The monoisotopic (exact) mass is 342 g/mol. The predicted octanol–water partition coefficient (Wildman–Crippen LogP) is 2.48. The number of carbonyl (C=O) groups is 1. The molecule has 1 aliphatic heterocycles. The Labute approximate surface area is 148 Å². The molecule has 0 radical (unpaired) electrons. The summed E-state index contributed by atoms with van der Waals surface area (Å²) in [4.78, 5) is 18.9. The van der Waals surface area contributed by atoms with Gasteiger partial charge in [0.2, 0.25) is 5.89 Å². The zero-order chi connectivity index (χ0) is 17.5. The Bertz CT molecular complexity index is 663. The van der Waals surface area contributed by atoms with Crippen molar-refractivity contribution in [1.82, 2.24) is 15.2 Å². The van der Waals surface area contributed by atoms with Gasteiger partial charge in [0, 0.05) is 6.54 Å². The van der Waals surface area contributed by atoms with E-state index in [-0.39, 0.29) is 24.2 Å². The number of nitrogens with zero attached hydrogens (tertiary/aromatic N) is 2. The van der Waals surface area contributed by atoms with Crippen LogP contribution >= 0.6 is 0 Å². The minimum absolute atomic E-state index is 0.170. The number of likely N-dealkylation sites (tertiary alicyclic amines) is 1. The molecule has 1 atom stereocenters. The van der Waals surface area contributed by atoms with Gasteiger partial charge in [-0.3, -0.25) is 9.69 Å². The third-order valence-electron chi connectivity index (χ3n) is 4.68. The van der Waals surface area contributed by atoms with Crippen LogP contribution in [0.5, 0.6) is 0 Å². The second kappa shape index (κ2) is 8.78. The zero-order valence-corrected chi connectivity index (χ0v) is 14.5. The predicted molar refractivity (Wildman–Crippen MR) is 96.0 cm³/mol. The summed E-state index contributed by atoms with van der Waals surface area (Å²) in [7, 11) is 0. The van der Waals surface area contributed by atoms with Crippen molar-refractivity contribution in [3.05, 3.63) is 53.7 Å². The van der Waals surface area contributed by atoms with E-state index in [0.29, 0.717) is 12.4 Å². The van der Waals surface area contributed by atoms with E-state index >= 15 is 0 Å². The van der Waals surface area contributed by atoms with E-state index in [1.165, 1.54) is 37.5 Å². The Morgan fingerprint density at radius 3 is 2.56 bits per heavy atom. The van der Waals surface area contributed by atoms with E-state index in [4.69, 9.17) is 10.2 Å². The van der Waals surface area contributed by atoms with Crippen molar-refractivity contribution in [1.29, 1.82) is 0 Å². The van der Waals surface area contributed by atoms with Crippen LogP contribution in [-0.4, -0.2) is 35.4 Å². The van der Waals surface area contributed by atoms with E-state index < -0.39 is 0 Å². The molecule has 0 saturated carbocycles. The first-order valence-electron chi connectivity index (χ1n) is 8.99. The van der Waals surface area contributed by atoms with E-state index in [1.54, 1.807) is 0 Å². The van der Waals surface area contributed by atoms with E-state index in [2.05, 4.69) is 27.3 Å². The summed E-state index contributed by atoms with van der Waals surface area (Å²) < 4.78 is 5.15. The third-order valence-corrected chi connectivity index (χ3v) is 4.68. The maximum absolute atomic E-state index is 12.4. The van der Waals surface area contributed by atoms with Crippen molar-refractivity contribution in [2.45, 2.75) is 38.3 Å². The number of aromatic nitrogens is 1. The fourth-order valence-electron chi connectivity index (χ4n) is 3.33. The zero-order valence-electron chi connectivity index (χ0n) is 14.5. The van der Waals surface area contributed by atoms with Crippen LogP contribution < -0.4 is 11.1 Å². The van der Waals surface area contributed by atoms with E-state index in [1.807, 2.05) is 18.2 Å². The number of rotatable bonds is 6. The second-order valence-electron chi connectivity index (χ2n) is 6.42. The largest absolute Gasteiger partial charge is 0.447 e. The van der Waals surface area contributed by atoms with Crippen LogP contribution in [0.1, 0.15) is 53.7 Å². The lowest BCUT2D eigenvalue weighted by molar-refractivity contribution is 0.0928. The van der Waals surface area contributed by atoms with Gasteiger partial charge in [-0.25, -0.2) is 4.98 Å². The van der Waals surface area contributed by atoms with Gasteiger partial charge in [0.25, 0.3) is 5.91 Å². The summed E-state index contributed by atoms with van der Waals surface area (Å²) in [6.45, 7) is 2.87. The number of hydrogen-bond donors (Lipinski definition) is 2. The number of carbonyl (C=O) groups excluding carboxylic acids is 1. The highest BCUT2D eigenvalue weighted by Crippen LogP contribution is 2.23. The van der Waals surface area contributed by atoms with Crippen molar-refractivity contribution in [3.8, 4) is 0 Å². The molecule has 134 valence electrons. The lowest BCUT2D eigenvalue weighted by Crippen LogP contribution is -2.38. The molecule has 0 unspecified atom stereocenters. The highest BCUT2D eigenvalue weighted by Gasteiger charge is 2.22. The summed E-state index contributed by atoms with van der Waals surface area (Å²) in [5.41, 5.74) is 6.99. The molecular weight excluding hydrogens is 316 g/mol. The van der Waals surface area contributed by atoms with Gasteiger partial charge in [0.1, 0.15) is 6.26 Å². The van der Waals surface area contributed by atoms with Gasteiger partial charge in [-0.05, 0) is 31.5 Å². The lowest BCUT2D eigenvalue weighted by Gasteiger charge is -2.31. The lowest BCUT2D eigenvalue weighted by atomic mass is 10.0. The maximum atomic E-state index is 12.4. The van der Waals surface area contributed by atoms with Gasteiger partial charge in [-0.15, -0.1) is 0 Å². The molecule has 3 N–H and O–H groups in total. The van der Waals surface area contributed by atoms with Crippen molar-refractivity contribution in [2.75, 3.05) is 19.6 Å². The van der Waals surface area contributed by atoms with Crippen molar-refractivity contribution in [2.24, 2.45) is 5.73 Å². The van der Waals surface area contributed by atoms with Gasteiger partial charge >= 0.3 is 0 Å². The molecule has 1 amide bonds. The SMILES string of the molecule is NCc1nc(C(=O)NC[C@@H](c2ccccc2)N2CCCCCC2)co1.